The molecule has 0 aromatic carbocycles. The summed E-state index contributed by atoms with van der Waals surface area (Å²) in [5.41, 5.74) is 0. The Labute approximate surface area is 105 Å². The van der Waals surface area contributed by atoms with Gasteiger partial charge in [-0.05, 0) is 25.0 Å². The predicted molar refractivity (Wildman–Crippen MR) is 75.2 cm³/mol. The van der Waals surface area contributed by atoms with E-state index in [1.165, 1.54) is 31.7 Å². The van der Waals surface area contributed by atoms with Crippen LogP contribution in [-0.2, 0) is 0 Å². The number of thioether (sulfide) groups is 1. The molecular formula is C12H25NS2. The number of nitrogens with zero attached hydrogens (tertiary/aromatic N) is 1. The first-order valence-corrected chi connectivity index (χ1v) is 7.83. The first-order valence-electron chi connectivity index (χ1n) is 6.15. The van der Waals surface area contributed by atoms with Crippen LogP contribution in [0.2, 0.25) is 0 Å². The molecule has 1 aliphatic heterocycles. The molecule has 0 spiro atoms. The van der Waals surface area contributed by atoms with Crippen molar-refractivity contribution in [2.75, 3.05) is 24.6 Å². The summed E-state index contributed by atoms with van der Waals surface area (Å²) in [5, 5.41) is 0.793. The van der Waals surface area contributed by atoms with E-state index < -0.39 is 0 Å². The third-order valence-corrected chi connectivity index (χ3v) is 5.32. The number of rotatable bonds is 5. The second-order valence-corrected chi connectivity index (χ2v) is 6.50. The molecule has 0 N–H and O–H groups in total. The standard InChI is InChI=1S/C12H25NS2/c1-4-5-12(9-14)8-13-6-7-15-11(3)10(13)2/h10-12,14H,4-9H2,1-3H3. The topological polar surface area (TPSA) is 3.24 Å². The average Bonchev–Trinajstić information content (AvgIpc) is 2.24. The van der Waals surface area contributed by atoms with Crippen LogP contribution >= 0.6 is 24.4 Å². The lowest BCUT2D eigenvalue weighted by Crippen LogP contribution is -2.46. The van der Waals surface area contributed by atoms with Crippen LogP contribution in [0.3, 0.4) is 0 Å². The van der Waals surface area contributed by atoms with E-state index in [1.807, 2.05) is 0 Å². The molecular weight excluding hydrogens is 222 g/mol. The Kier molecular flexibility index (Phi) is 6.48. The van der Waals surface area contributed by atoms with Crippen LogP contribution in [0, 0.1) is 5.92 Å². The number of hydrogen-bond acceptors (Lipinski definition) is 3. The third kappa shape index (κ3) is 4.20. The van der Waals surface area contributed by atoms with Crippen molar-refractivity contribution in [3.8, 4) is 0 Å². The first kappa shape index (κ1) is 13.7. The Morgan fingerprint density at radius 2 is 2.20 bits per heavy atom. The monoisotopic (exact) mass is 247 g/mol. The molecule has 0 aromatic heterocycles. The molecule has 3 heteroatoms. The van der Waals surface area contributed by atoms with Crippen LogP contribution in [0.15, 0.2) is 0 Å². The molecule has 0 saturated carbocycles. The average molecular weight is 247 g/mol. The molecule has 15 heavy (non-hydrogen) atoms. The highest BCUT2D eigenvalue weighted by atomic mass is 32.2. The van der Waals surface area contributed by atoms with Crippen molar-refractivity contribution < 1.29 is 0 Å². The van der Waals surface area contributed by atoms with Gasteiger partial charge in [-0.1, -0.05) is 20.3 Å². The highest BCUT2D eigenvalue weighted by Crippen LogP contribution is 2.25. The van der Waals surface area contributed by atoms with E-state index in [4.69, 9.17) is 0 Å². The van der Waals surface area contributed by atoms with E-state index in [0.717, 1.165) is 23.0 Å². The molecule has 1 heterocycles. The minimum absolute atomic E-state index is 0.739. The van der Waals surface area contributed by atoms with Gasteiger partial charge in [0.05, 0.1) is 0 Å². The minimum atomic E-state index is 0.739. The van der Waals surface area contributed by atoms with Crippen molar-refractivity contribution in [2.45, 2.75) is 44.9 Å². The molecule has 0 amide bonds. The second kappa shape index (κ2) is 7.08. The Bertz CT molecular complexity index is 175. The van der Waals surface area contributed by atoms with Gasteiger partial charge in [0, 0.05) is 30.1 Å². The van der Waals surface area contributed by atoms with Crippen molar-refractivity contribution >= 4 is 24.4 Å². The zero-order valence-corrected chi connectivity index (χ0v) is 12.0. The van der Waals surface area contributed by atoms with Gasteiger partial charge in [-0.15, -0.1) is 0 Å². The summed E-state index contributed by atoms with van der Waals surface area (Å²) in [6, 6.07) is 0.739. The van der Waals surface area contributed by atoms with Gasteiger partial charge in [0.25, 0.3) is 0 Å². The predicted octanol–water partition coefficient (Wildman–Crippen LogP) is 3.16. The Morgan fingerprint density at radius 1 is 1.47 bits per heavy atom. The number of thiol groups is 1. The first-order chi connectivity index (χ1) is 7.19. The molecule has 0 aliphatic carbocycles. The third-order valence-electron chi connectivity index (χ3n) is 3.46. The van der Waals surface area contributed by atoms with Gasteiger partial charge in [-0.3, -0.25) is 4.90 Å². The van der Waals surface area contributed by atoms with Gasteiger partial charge in [-0.25, -0.2) is 0 Å². The summed E-state index contributed by atoms with van der Waals surface area (Å²) in [7, 11) is 0. The normalized spacial score (nSPS) is 30.4. The van der Waals surface area contributed by atoms with Gasteiger partial charge in [-0.2, -0.15) is 24.4 Å². The summed E-state index contributed by atoms with van der Waals surface area (Å²) in [5.74, 6) is 3.13. The lowest BCUT2D eigenvalue weighted by molar-refractivity contribution is 0.183. The number of hydrogen-bond donors (Lipinski definition) is 1. The zero-order chi connectivity index (χ0) is 11.3. The lowest BCUT2D eigenvalue weighted by atomic mass is 10.0. The molecule has 1 aliphatic rings. The fraction of sp³-hybridized carbons (Fsp3) is 1.00. The summed E-state index contributed by atoms with van der Waals surface area (Å²) in [4.78, 5) is 2.66. The minimum Gasteiger partial charge on any atom is -0.298 e. The van der Waals surface area contributed by atoms with Crippen molar-refractivity contribution in [1.29, 1.82) is 0 Å². The summed E-state index contributed by atoms with van der Waals surface area (Å²) >= 11 is 6.59. The van der Waals surface area contributed by atoms with Crippen LogP contribution in [-0.4, -0.2) is 40.8 Å². The fourth-order valence-electron chi connectivity index (χ4n) is 2.23. The summed E-state index contributed by atoms with van der Waals surface area (Å²) in [6.07, 6.45) is 2.62. The van der Waals surface area contributed by atoms with E-state index in [-0.39, 0.29) is 0 Å². The van der Waals surface area contributed by atoms with E-state index in [2.05, 4.69) is 50.1 Å². The molecule has 90 valence electrons. The molecule has 0 radical (unpaired) electrons. The lowest BCUT2D eigenvalue weighted by Gasteiger charge is -2.39. The van der Waals surface area contributed by atoms with Crippen molar-refractivity contribution in [3.05, 3.63) is 0 Å². The van der Waals surface area contributed by atoms with Gasteiger partial charge < -0.3 is 0 Å². The largest absolute Gasteiger partial charge is 0.298 e. The van der Waals surface area contributed by atoms with Crippen LogP contribution in [0.25, 0.3) is 0 Å². The van der Waals surface area contributed by atoms with Crippen molar-refractivity contribution in [2.24, 2.45) is 5.92 Å². The second-order valence-electron chi connectivity index (χ2n) is 4.65. The molecule has 0 bridgehead atoms. The van der Waals surface area contributed by atoms with E-state index in [9.17, 15) is 0 Å². The van der Waals surface area contributed by atoms with E-state index in [1.54, 1.807) is 0 Å². The van der Waals surface area contributed by atoms with E-state index >= 15 is 0 Å². The Hall–Kier alpha value is 0.660. The Morgan fingerprint density at radius 3 is 2.80 bits per heavy atom. The quantitative estimate of drug-likeness (QED) is 0.744. The van der Waals surface area contributed by atoms with Gasteiger partial charge in [0.2, 0.25) is 0 Å². The van der Waals surface area contributed by atoms with Crippen molar-refractivity contribution in [3.63, 3.8) is 0 Å². The Balaban J connectivity index is 2.40. The zero-order valence-electron chi connectivity index (χ0n) is 10.3. The fourth-order valence-corrected chi connectivity index (χ4v) is 3.69. The molecule has 3 unspecified atom stereocenters. The highest BCUT2D eigenvalue weighted by molar-refractivity contribution is 8.00. The van der Waals surface area contributed by atoms with Crippen LogP contribution in [0.5, 0.6) is 0 Å². The molecule has 1 rings (SSSR count). The van der Waals surface area contributed by atoms with E-state index in [0.29, 0.717) is 0 Å². The SMILES string of the molecule is CCCC(CS)CN1CCSC(C)C1C. The maximum absolute atomic E-state index is 4.47. The van der Waals surface area contributed by atoms with Crippen molar-refractivity contribution in [1.82, 2.24) is 4.90 Å². The maximum Gasteiger partial charge on any atom is 0.0184 e. The smallest absolute Gasteiger partial charge is 0.0184 e. The molecule has 1 fully saturated rings. The van der Waals surface area contributed by atoms with Gasteiger partial charge in [0.15, 0.2) is 0 Å². The van der Waals surface area contributed by atoms with Crippen LogP contribution in [0.1, 0.15) is 33.6 Å². The molecule has 0 aromatic rings. The summed E-state index contributed by atoms with van der Waals surface area (Å²) in [6.45, 7) is 9.53. The molecule has 1 saturated heterocycles. The van der Waals surface area contributed by atoms with Gasteiger partial charge >= 0.3 is 0 Å². The molecule has 1 nitrogen and oxygen atoms in total. The summed E-state index contributed by atoms with van der Waals surface area (Å²) < 4.78 is 0. The maximum atomic E-state index is 4.47. The highest BCUT2D eigenvalue weighted by Gasteiger charge is 2.26. The van der Waals surface area contributed by atoms with Crippen LogP contribution < -0.4 is 0 Å². The van der Waals surface area contributed by atoms with Crippen LogP contribution in [0.4, 0.5) is 0 Å². The van der Waals surface area contributed by atoms with Gasteiger partial charge in [0.1, 0.15) is 0 Å². The molecule has 3 atom stereocenters.